The van der Waals surface area contributed by atoms with Crippen molar-refractivity contribution in [3.05, 3.63) is 0 Å². The zero-order valence-corrected chi connectivity index (χ0v) is 12.1. The SMILES string of the molecule is CCC(C)C(=O)NCCC[Si](C)(OC)OC. The molecule has 0 bridgehead atoms. The summed E-state index contributed by atoms with van der Waals surface area (Å²) in [4.78, 5) is 11.5. The van der Waals surface area contributed by atoms with Gasteiger partial charge in [-0.25, -0.2) is 0 Å². The van der Waals surface area contributed by atoms with E-state index in [4.69, 9.17) is 8.85 Å². The summed E-state index contributed by atoms with van der Waals surface area (Å²) in [5.41, 5.74) is 0. The number of carbonyl (C=O) groups excluding carboxylic acids is 1. The predicted octanol–water partition coefficient (Wildman–Crippen LogP) is 1.90. The second kappa shape index (κ2) is 7.81. The summed E-state index contributed by atoms with van der Waals surface area (Å²) < 4.78 is 10.7. The highest BCUT2D eigenvalue weighted by molar-refractivity contribution is 6.65. The molecule has 1 amide bonds. The zero-order chi connectivity index (χ0) is 12.6. The Hall–Kier alpha value is -0.393. The Bertz CT molecular complexity index is 207. The molecule has 0 rings (SSSR count). The van der Waals surface area contributed by atoms with Crippen LogP contribution in [0.15, 0.2) is 0 Å². The van der Waals surface area contributed by atoms with E-state index in [2.05, 4.69) is 5.32 Å². The molecule has 96 valence electrons. The number of rotatable bonds is 8. The van der Waals surface area contributed by atoms with Crippen molar-refractivity contribution in [2.45, 2.75) is 39.3 Å². The van der Waals surface area contributed by atoms with Gasteiger partial charge in [0.1, 0.15) is 0 Å². The summed E-state index contributed by atoms with van der Waals surface area (Å²) >= 11 is 0. The van der Waals surface area contributed by atoms with Crippen LogP contribution in [0.25, 0.3) is 0 Å². The minimum absolute atomic E-state index is 0.105. The van der Waals surface area contributed by atoms with Crippen molar-refractivity contribution in [1.82, 2.24) is 5.32 Å². The lowest BCUT2D eigenvalue weighted by Gasteiger charge is -2.22. The first kappa shape index (κ1) is 15.6. The first-order chi connectivity index (χ1) is 7.49. The number of hydrogen-bond donors (Lipinski definition) is 1. The molecule has 0 heterocycles. The van der Waals surface area contributed by atoms with Crippen molar-refractivity contribution >= 4 is 14.5 Å². The van der Waals surface area contributed by atoms with Crippen LogP contribution >= 0.6 is 0 Å². The third-order valence-corrected chi connectivity index (χ3v) is 6.02. The van der Waals surface area contributed by atoms with Crippen LogP contribution in [0.2, 0.25) is 12.6 Å². The molecule has 0 aliphatic rings. The van der Waals surface area contributed by atoms with Crippen molar-refractivity contribution in [2.75, 3.05) is 20.8 Å². The summed E-state index contributed by atoms with van der Waals surface area (Å²) in [6.45, 7) is 6.70. The van der Waals surface area contributed by atoms with Crippen molar-refractivity contribution in [2.24, 2.45) is 5.92 Å². The smallest absolute Gasteiger partial charge is 0.334 e. The van der Waals surface area contributed by atoms with E-state index in [-0.39, 0.29) is 11.8 Å². The molecule has 1 N–H and O–H groups in total. The van der Waals surface area contributed by atoms with E-state index in [9.17, 15) is 4.79 Å². The van der Waals surface area contributed by atoms with Gasteiger partial charge in [-0.1, -0.05) is 13.8 Å². The van der Waals surface area contributed by atoms with E-state index < -0.39 is 8.56 Å². The molecule has 5 heteroatoms. The molecule has 0 spiro atoms. The predicted molar refractivity (Wildman–Crippen MR) is 67.5 cm³/mol. The fourth-order valence-corrected chi connectivity index (χ4v) is 2.66. The Labute approximate surface area is 100.0 Å². The standard InChI is InChI=1S/C11H25NO3Si/c1-6-10(2)11(13)12-8-7-9-16(5,14-3)15-4/h10H,6-9H2,1-5H3,(H,12,13). The maximum absolute atomic E-state index is 11.5. The van der Waals surface area contributed by atoms with Gasteiger partial charge in [0.15, 0.2) is 0 Å². The molecule has 0 aromatic carbocycles. The number of nitrogens with one attached hydrogen (secondary N) is 1. The van der Waals surface area contributed by atoms with Gasteiger partial charge >= 0.3 is 8.56 Å². The van der Waals surface area contributed by atoms with E-state index in [1.54, 1.807) is 14.2 Å². The van der Waals surface area contributed by atoms with Gasteiger partial charge in [-0.05, 0) is 25.4 Å². The summed E-state index contributed by atoms with van der Waals surface area (Å²) in [6, 6.07) is 0.904. The minimum Gasteiger partial charge on any atom is -0.398 e. The largest absolute Gasteiger partial charge is 0.398 e. The Kier molecular flexibility index (Phi) is 7.62. The van der Waals surface area contributed by atoms with Gasteiger partial charge in [-0.3, -0.25) is 4.79 Å². The first-order valence-corrected chi connectivity index (χ1v) is 8.39. The van der Waals surface area contributed by atoms with Crippen LogP contribution in [-0.4, -0.2) is 35.2 Å². The lowest BCUT2D eigenvalue weighted by Crippen LogP contribution is -2.37. The van der Waals surface area contributed by atoms with E-state index in [1.165, 1.54) is 0 Å². The number of carbonyl (C=O) groups is 1. The van der Waals surface area contributed by atoms with Gasteiger partial charge < -0.3 is 14.2 Å². The van der Waals surface area contributed by atoms with Crippen LogP contribution in [-0.2, 0) is 13.6 Å². The van der Waals surface area contributed by atoms with Crippen LogP contribution in [0.5, 0.6) is 0 Å². The van der Waals surface area contributed by atoms with E-state index in [1.807, 2.05) is 20.4 Å². The summed E-state index contributed by atoms with van der Waals surface area (Å²) in [7, 11) is 1.42. The van der Waals surface area contributed by atoms with Gasteiger partial charge in [-0.15, -0.1) is 0 Å². The average Bonchev–Trinajstić information content (AvgIpc) is 2.32. The maximum atomic E-state index is 11.5. The zero-order valence-electron chi connectivity index (χ0n) is 11.1. The molecule has 0 aliphatic heterocycles. The summed E-state index contributed by atoms with van der Waals surface area (Å²) in [6.07, 6.45) is 1.79. The van der Waals surface area contributed by atoms with Crippen molar-refractivity contribution in [3.63, 3.8) is 0 Å². The van der Waals surface area contributed by atoms with Gasteiger partial charge in [0.2, 0.25) is 5.91 Å². The van der Waals surface area contributed by atoms with Gasteiger partial charge in [0.25, 0.3) is 0 Å². The molecular formula is C11H25NO3Si. The molecule has 0 aromatic heterocycles. The molecular weight excluding hydrogens is 222 g/mol. The Morgan fingerprint density at radius 2 is 1.94 bits per heavy atom. The van der Waals surface area contributed by atoms with Crippen molar-refractivity contribution < 1.29 is 13.6 Å². The first-order valence-electron chi connectivity index (χ1n) is 5.87. The molecule has 0 saturated carbocycles. The third kappa shape index (κ3) is 5.63. The molecule has 16 heavy (non-hydrogen) atoms. The molecule has 0 aliphatic carbocycles. The highest BCUT2D eigenvalue weighted by atomic mass is 28.4. The molecule has 0 fully saturated rings. The third-order valence-electron chi connectivity index (χ3n) is 3.03. The van der Waals surface area contributed by atoms with Crippen LogP contribution in [0.3, 0.4) is 0 Å². The molecule has 0 saturated heterocycles. The Morgan fingerprint density at radius 1 is 1.38 bits per heavy atom. The van der Waals surface area contributed by atoms with Gasteiger partial charge in [0, 0.05) is 26.7 Å². The van der Waals surface area contributed by atoms with Crippen LogP contribution in [0.1, 0.15) is 26.7 Å². The van der Waals surface area contributed by atoms with Crippen LogP contribution in [0, 0.1) is 5.92 Å². The average molecular weight is 247 g/mol. The van der Waals surface area contributed by atoms with E-state index in [0.29, 0.717) is 6.54 Å². The maximum Gasteiger partial charge on any atom is 0.334 e. The normalized spacial score (nSPS) is 13.6. The van der Waals surface area contributed by atoms with E-state index >= 15 is 0 Å². The highest BCUT2D eigenvalue weighted by Gasteiger charge is 2.27. The van der Waals surface area contributed by atoms with Crippen LogP contribution in [0.4, 0.5) is 0 Å². The lowest BCUT2D eigenvalue weighted by atomic mass is 10.1. The molecule has 4 nitrogen and oxygen atoms in total. The summed E-state index contributed by atoms with van der Waals surface area (Å²) in [5, 5.41) is 2.93. The second-order valence-corrected chi connectivity index (χ2v) is 7.83. The molecule has 1 unspecified atom stereocenters. The lowest BCUT2D eigenvalue weighted by molar-refractivity contribution is -0.124. The van der Waals surface area contributed by atoms with Gasteiger partial charge in [0.05, 0.1) is 0 Å². The van der Waals surface area contributed by atoms with E-state index in [0.717, 1.165) is 18.9 Å². The molecule has 0 radical (unpaired) electrons. The van der Waals surface area contributed by atoms with Crippen molar-refractivity contribution in [1.29, 1.82) is 0 Å². The second-order valence-electron chi connectivity index (χ2n) is 4.25. The summed E-state index contributed by atoms with van der Waals surface area (Å²) in [5.74, 6) is 0.245. The van der Waals surface area contributed by atoms with Crippen LogP contribution < -0.4 is 5.32 Å². The monoisotopic (exact) mass is 247 g/mol. The highest BCUT2D eigenvalue weighted by Crippen LogP contribution is 2.13. The van der Waals surface area contributed by atoms with Crippen molar-refractivity contribution in [3.8, 4) is 0 Å². The minimum atomic E-state index is -1.96. The quantitative estimate of drug-likeness (QED) is 0.526. The number of hydrogen-bond acceptors (Lipinski definition) is 3. The fraction of sp³-hybridized carbons (Fsp3) is 0.909. The number of amides is 1. The molecule has 1 atom stereocenters. The molecule has 0 aromatic rings. The Balaban J connectivity index is 3.71. The van der Waals surface area contributed by atoms with Gasteiger partial charge in [-0.2, -0.15) is 0 Å². The topological polar surface area (TPSA) is 47.6 Å². The Morgan fingerprint density at radius 3 is 2.38 bits per heavy atom. The fourth-order valence-electron chi connectivity index (χ4n) is 1.27.